The maximum absolute atomic E-state index is 2.59. The van der Waals surface area contributed by atoms with Crippen LogP contribution in [0.15, 0.2) is 54.6 Å². The Labute approximate surface area is 175 Å². The smallest absolute Gasteiger partial charge is 0.0267 e. The minimum absolute atomic E-state index is 0.540. The van der Waals surface area contributed by atoms with Gasteiger partial charge in [0.2, 0.25) is 0 Å². The molecule has 2 aromatic carbocycles. The summed E-state index contributed by atoms with van der Waals surface area (Å²) in [5, 5.41) is 4.30. The first kappa shape index (κ1) is 17.8. The molecule has 0 atom stereocenters. The van der Waals surface area contributed by atoms with Crippen LogP contribution >= 0.6 is 0 Å². The third-order valence-corrected chi connectivity index (χ3v) is 11.7. The normalized spacial score (nSPS) is 20.6. The molecule has 1 heteroatoms. The van der Waals surface area contributed by atoms with Gasteiger partial charge in [-0.25, -0.2) is 0 Å². The van der Waals surface area contributed by atoms with E-state index in [1.54, 1.807) is 16.0 Å². The second-order valence-corrected chi connectivity index (χ2v) is 12.5. The maximum Gasteiger partial charge on any atom is 0.0267 e. The predicted octanol–water partition coefficient (Wildman–Crippen LogP) is 6.67. The lowest BCUT2D eigenvalue weighted by molar-refractivity contribution is 0.786. The molecule has 2 fully saturated rings. The lowest BCUT2D eigenvalue weighted by Crippen LogP contribution is -2.18. The molecule has 0 aliphatic heterocycles. The highest BCUT2D eigenvalue weighted by atomic mass is 28.2. The third-order valence-electron chi connectivity index (χ3n) is 7.79. The average molecular weight is 395 g/mol. The van der Waals surface area contributed by atoms with Crippen molar-refractivity contribution in [3.8, 4) is 0 Å². The molecule has 0 nitrogen and oxygen atoms in total. The van der Waals surface area contributed by atoms with Crippen LogP contribution in [0.3, 0.4) is 0 Å². The number of benzene rings is 2. The molecule has 0 unspecified atom stereocenters. The molecule has 0 aromatic heterocycles. The van der Waals surface area contributed by atoms with Gasteiger partial charge in [0.15, 0.2) is 0 Å². The van der Waals surface area contributed by atoms with Crippen LogP contribution in [-0.2, 0) is 0 Å². The number of hydrogen-bond donors (Lipinski definition) is 0. The van der Waals surface area contributed by atoms with Crippen LogP contribution in [0.2, 0.25) is 11.1 Å². The largest absolute Gasteiger partial charge is 0.0801 e. The summed E-state index contributed by atoms with van der Waals surface area (Å²) in [5.74, 6) is 0. The minimum Gasteiger partial charge on any atom is -0.0801 e. The molecule has 0 radical (unpaired) electrons. The Morgan fingerprint density at radius 3 is 2.17 bits per heavy atom. The molecular weight excluding hydrogens is 364 g/mol. The van der Waals surface area contributed by atoms with E-state index in [-0.39, 0.29) is 0 Å². The van der Waals surface area contributed by atoms with E-state index in [1.165, 1.54) is 72.6 Å². The van der Waals surface area contributed by atoms with Gasteiger partial charge >= 0.3 is 0 Å². The highest BCUT2D eigenvalue weighted by molar-refractivity contribution is 6.54. The number of hydrogen-bond acceptors (Lipinski definition) is 0. The summed E-state index contributed by atoms with van der Waals surface area (Å²) in [5.41, 5.74) is 6.73. The summed E-state index contributed by atoms with van der Waals surface area (Å²) in [6.45, 7) is 0. The van der Waals surface area contributed by atoms with Crippen LogP contribution < -0.4 is 5.22 Å². The second kappa shape index (κ2) is 7.36. The summed E-state index contributed by atoms with van der Waals surface area (Å²) in [6.07, 6.45) is 22.4. The van der Waals surface area contributed by atoms with Crippen LogP contribution in [0.5, 0.6) is 0 Å². The molecule has 2 saturated carbocycles. The molecule has 2 aromatic rings. The first-order chi connectivity index (χ1) is 14.4. The molecule has 146 valence electrons. The molecule has 6 rings (SSSR count). The quantitative estimate of drug-likeness (QED) is 0.435. The van der Waals surface area contributed by atoms with Crippen LogP contribution in [0.4, 0.5) is 0 Å². The van der Waals surface area contributed by atoms with Crippen molar-refractivity contribution >= 4 is 20.1 Å². The van der Waals surface area contributed by atoms with Gasteiger partial charge in [-0.05, 0) is 86.4 Å². The van der Waals surface area contributed by atoms with Crippen molar-refractivity contribution in [3.63, 3.8) is 0 Å². The molecule has 0 saturated heterocycles. The predicted molar refractivity (Wildman–Crippen MR) is 125 cm³/mol. The SMILES string of the molecule is C1=CCC(c2c3c(ccc2=[Si](C2CCCC2)C2CCCC2)=c2ccccc2=C3)=C1. The zero-order valence-electron chi connectivity index (χ0n) is 17.3. The molecule has 0 bridgehead atoms. The highest BCUT2D eigenvalue weighted by Gasteiger charge is 2.30. The van der Waals surface area contributed by atoms with Crippen molar-refractivity contribution in [2.24, 2.45) is 0 Å². The van der Waals surface area contributed by atoms with Crippen LogP contribution in [0.1, 0.15) is 68.9 Å². The van der Waals surface area contributed by atoms with Gasteiger partial charge in [0, 0.05) is 8.41 Å². The van der Waals surface area contributed by atoms with Gasteiger partial charge in [-0.15, -0.1) is 0 Å². The Hall–Kier alpha value is -1.99. The molecule has 0 amide bonds. The average Bonchev–Trinajstić information content (AvgIpc) is 3.55. The Balaban J connectivity index is 1.70. The van der Waals surface area contributed by atoms with E-state index in [0.29, 0.717) is 0 Å². The van der Waals surface area contributed by atoms with E-state index in [2.05, 4.69) is 60.7 Å². The zero-order chi connectivity index (χ0) is 19.2. The summed E-state index contributed by atoms with van der Waals surface area (Å²) in [4.78, 5) is 1.78. The van der Waals surface area contributed by atoms with E-state index in [1.807, 2.05) is 0 Å². The zero-order valence-corrected chi connectivity index (χ0v) is 18.3. The number of rotatable bonds is 3. The van der Waals surface area contributed by atoms with Crippen molar-refractivity contribution in [1.82, 2.24) is 0 Å². The van der Waals surface area contributed by atoms with Crippen molar-refractivity contribution in [3.05, 3.63) is 86.2 Å². The maximum atomic E-state index is 2.59. The van der Waals surface area contributed by atoms with Crippen LogP contribution in [0.25, 0.3) is 11.6 Å². The summed E-state index contributed by atoms with van der Waals surface area (Å²) >= 11 is 0. The Morgan fingerprint density at radius 2 is 1.48 bits per heavy atom. The lowest BCUT2D eigenvalue weighted by atomic mass is 9.98. The van der Waals surface area contributed by atoms with Gasteiger partial charge < -0.3 is 0 Å². The third kappa shape index (κ3) is 2.97. The molecule has 0 heterocycles. The number of allylic oxidation sites excluding steroid dienone is 4. The fourth-order valence-corrected chi connectivity index (χ4v) is 11.0. The highest BCUT2D eigenvalue weighted by Crippen LogP contribution is 2.43. The van der Waals surface area contributed by atoms with E-state index in [0.717, 1.165) is 17.5 Å². The van der Waals surface area contributed by atoms with Crippen molar-refractivity contribution in [2.45, 2.75) is 68.9 Å². The van der Waals surface area contributed by atoms with E-state index in [9.17, 15) is 0 Å². The monoisotopic (exact) mass is 394 g/mol. The van der Waals surface area contributed by atoms with Crippen LogP contribution in [0, 0.1) is 15.3 Å². The van der Waals surface area contributed by atoms with E-state index in [4.69, 9.17) is 0 Å². The second-order valence-electron chi connectivity index (χ2n) is 9.42. The van der Waals surface area contributed by atoms with Crippen molar-refractivity contribution in [1.29, 1.82) is 0 Å². The Bertz CT molecular complexity index is 1210. The van der Waals surface area contributed by atoms with Gasteiger partial charge in [0.25, 0.3) is 0 Å². The van der Waals surface area contributed by atoms with E-state index >= 15 is 0 Å². The first-order valence-corrected chi connectivity index (χ1v) is 13.4. The van der Waals surface area contributed by atoms with Gasteiger partial charge in [-0.3, -0.25) is 0 Å². The lowest BCUT2D eigenvalue weighted by Gasteiger charge is -2.23. The van der Waals surface area contributed by atoms with E-state index < -0.39 is 8.41 Å². The molecule has 29 heavy (non-hydrogen) atoms. The fraction of sp³-hybridized carbons (Fsp3) is 0.393. The van der Waals surface area contributed by atoms with Gasteiger partial charge in [0.1, 0.15) is 0 Å². The number of fused-ring (bicyclic) bond motifs is 2. The van der Waals surface area contributed by atoms with Gasteiger partial charge in [-0.1, -0.05) is 80.3 Å². The minimum atomic E-state index is -0.540. The summed E-state index contributed by atoms with van der Waals surface area (Å²) in [6, 6.07) is 14.0. The Morgan fingerprint density at radius 1 is 0.759 bits per heavy atom. The molecule has 0 spiro atoms. The van der Waals surface area contributed by atoms with Gasteiger partial charge in [0.05, 0.1) is 0 Å². The molecule has 4 aliphatic carbocycles. The van der Waals surface area contributed by atoms with Crippen molar-refractivity contribution in [2.75, 3.05) is 0 Å². The fourth-order valence-electron chi connectivity index (χ4n) is 6.49. The van der Waals surface area contributed by atoms with Crippen molar-refractivity contribution < 1.29 is 0 Å². The van der Waals surface area contributed by atoms with Gasteiger partial charge in [-0.2, -0.15) is 0 Å². The summed E-state index contributed by atoms with van der Waals surface area (Å²) < 4.78 is 0. The Kier molecular flexibility index (Phi) is 4.53. The molecule has 4 aliphatic rings. The molecule has 0 N–H and O–H groups in total. The van der Waals surface area contributed by atoms with Crippen LogP contribution in [-0.4, -0.2) is 8.41 Å². The molecular formula is C28H30Si. The first-order valence-electron chi connectivity index (χ1n) is 11.7. The summed E-state index contributed by atoms with van der Waals surface area (Å²) in [7, 11) is -0.540. The topological polar surface area (TPSA) is 0 Å². The standard InChI is InChI=1S/C28H30Si/c1-2-10-20(9-1)28-26-19-21-11-3-8-16-24(21)25(26)17-18-27(28)29(22-12-4-5-13-22)23-14-6-7-15-23/h1-3,8-9,11,16-19,22-23H,4-7,10,12-15H2.